The lowest BCUT2D eigenvalue weighted by atomic mass is 9.97. The van der Waals surface area contributed by atoms with E-state index in [0.717, 1.165) is 63.0 Å². The lowest BCUT2D eigenvalue weighted by Crippen LogP contribution is -2.46. The number of nitrogens with zero attached hydrogens (tertiary/aromatic N) is 4. The van der Waals surface area contributed by atoms with Crippen LogP contribution in [-0.2, 0) is 20.8 Å². The van der Waals surface area contributed by atoms with E-state index < -0.39 is 0 Å². The molecule has 0 amide bonds. The molecule has 1 N–H and O–H groups in total. The van der Waals surface area contributed by atoms with Crippen molar-refractivity contribution < 1.29 is 14.3 Å². The number of pyridine rings is 1. The van der Waals surface area contributed by atoms with Crippen LogP contribution in [0, 0.1) is 5.92 Å². The average molecular weight is 531 g/mol. The van der Waals surface area contributed by atoms with E-state index in [1.807, 2.05) is 13.1 Å². The van der Waals surface area contributed by atoms with Crippen molar-refractivity contribution in [3.63, 3.8) is 0 Å². The summed E-state index contributed by atoms with van der Waals surface area (Å²) >= 11 is 0. The molecule has 0 radical (unpaired) electrons. The van der Waals surface area contributed by atoms with Crippen LogP contribution in [-0.4, -0.2) is 74.4 Å². The first-order valence-electron chi connectivity index (χ1n) is 10.5. The highest BCUT2D eigenvalue weighted by molar-refractivity contribution is 14.0. The second kappa shape index (κ2) is 12.3. The summed E-state index contributed by atoms with van der Waals surface area (Å²) in [5.74, 6) is 1.78. The van der Waals surface area contributed by atoms with Crippen LogP contribution >= 0.6 is 24.0 Å². The van der Waals surface area contributed by atoms with Crippen molar-refractivity contribution in [3.8, 4) is 0 Å². The maximum atomic E-state index is 11.9. The number of rotatable bonds is 5. The van der Waals surface area contributed by atoms with Gasteiger partial charge in [0.05, 0.1) is 25.2 Å². The van der Waals surface area contributed by atoms with Crippen LogP contribution in [0.1, 0.15) is 32.3 Å². The Kier molecular flexibility index (Phi) is 10.1. The van der Waals surface area contributed by atoms with Crippen molar-refractivity contribution in [1.29, 1.82) is 0 Å². The molecule has 0 bridgehead atoms. The Bertz CT molecular complexity index is 692. The third-order valence-corrected chi connectivity index (χ3v) is 5.45. The summed E-state index contributed by atoms with van der Waals surface area (Å²) in [5.41, 5.74) is 1.11. The Labute approximate surface area is 196 Å². The molecule has 3 rings (SSSR count). The number of hydrogen-bond donors (Lipinski definition) is 1. The minimum Gasteiger partial charge on any atom is -0.466 e. The van der Waals surface area contributed by atoms with Crippen LogP contribution in [0.3, 0.4) is 0 Å². The van der Waals surface area contributed by atoms with Crippen molar-refractivity contribution in [3.05, 3.63) is 23.9 Å². The number of halogens is 1. The van der Waals surface area contributed by atoms with Crippen molar-refractivity contribution in [2.75, 3.05) is 51.3 Å². The molecule has 30 heavy (non-hydrogen) atoms. The molecule has 0 aliphatic carbocycles. The van der Waals surface area contributed by atoms with Crippen molar-refractivity contribution in [2.24, 2.45) is 10.9 Å². The zero-order chi connectivity index (χ0) is 20.6. The number of nitrogens with one attached hydrogen (secondary N) is 1. The predicted molar refractivity (Wildman–Crippen MR) is 128 cm³/mol. The molecule has 9 heteroatoms. The van der Waals surface area contributed by atoms with Gasteiger partial charge in [-0.3, -0.25) is 9.79 Å². The van der Waals surface area contributed by atoms with E-state index >= 15 is 0 Å². The van der Waals surface area contributed by atoms with Gasteiger partial charge in [0.15, 0.2) is 5.96 Å². The standard InChI is InChI=1S/C21H33N5O3.HI/c1-4-28-20(27)18-7-9-25(10-8-18)21(22-3)24-14-17-5-6-19(23-13-17)26-11-12-29-16(2)15-26;/h5-6,13,16,18H,4,7-12,14-15H2,1-3H3,(H,22,24);1H. The van der Waals surface area contributed by atoms with Gasteiger partial charge in [-0.05, 0) is 38.3 Å². The van der Waals surface area contributed by atoms with Gasteiger partial charge in [-0.1, -0.05) is 6.07 Å². The predicted octanol–water partition coefficient (Wildman–Crippen LogP) is 2.28. The molecular formula is C21H34IN5O3. The zero-order valence-electron chi connectivity index (χ0n) is 18.2. The van der Waals surface area contributed by atoms with Crippen molar-refractivity contribution >= 4 is 41.7 Å². The Morgan fingerprint density at radius 3 is 2.70 bits per heavy atom. The number of carbonyl (C=O) groups excluding carboxylic acids is 1. The van der Waals surface area contributed by atoms with E-state index in [1.165, 1.54) is 0 Å². The summed E-state index contributed by atoms with van der Waals surface area (Å²) in [6.45, 7) is 9.15. The van der Waals surface area contributed by atoms with Gasteiger partial charge in [-0.25, -0.2) is 4.98 Å². The van der Waals surface area contributed by atoms with Gasteiger partial charge in [0.1, 0.15) is 5.82 Å². The van der Waals surface area contributed by atoms with Crippen molar-refractivity contribution in [2.45, 2.75) is 39.3 Å². The quantitative estimate of drug-likeness (QED) is 0.270. The second-order valence-corrected chi connectivity index (χ2v) is 7.57. The molecule has 1 aromatic heterocycles. The maximum Gasteiger partial charge on any atom is 0.309 e. The molecule has 1 atom stereocenters. The lowest BCUT2D eigenvalue weighted by Gasteiger charge is -2.33. The summed E-state index contributed by atoms with van der Waals surface area (Å²) in [6.07, 6.45) is 3.76. The van der Waals surface area contributed by atoms with Gasteiger partial charge < -0.3 is 24.6 Å². The largest absolute Gasteiger partial charge is 0.466 e. The number of esters is 1. The van der Waals surface area contributed by atoms with Crippen LogP contribution in [0.2, 0.25) is 0 Å². The SMILES string of the molecule is CCOC(=O)C1CCN(C(=NC)NCc2ccc(N3CCOC(C)C3)nc2)CC1.I. The highest BCUT2D eigenvalue weighted by Crippen LogP contribution is 2.19. The van der Waals surface area contributed by atoms with Gasteiger partial charge in [-0.15, -0.1) is 24.0 Å². The van der Waals surface area contributed by atoms with E-state index in [-0.39, 0.29) is 42.0 Å². The second-order valence-electron chi connectivity index (χ2n) is 7.57. The van der Waals surface area contributed by atoms with Gasteiger partial charge in [-0.2, -0.15) is 0 Å². The molecule has 8 nitrogen and oxygen atoms in total. The van der Waals surface area contributed by atoms with Crippen LogP contribution in [0.4, 0.5) is 5.82 Å². The molecule has 2 fully saturated rings. The number of piperidine rings is 1. The molecule has 1 aromatic rings. The summed E-state index contributed by atoms with van der Waals surface area (Å²) in [5, 5.41) is 3.42. The molecule has 1 unspecified atom stereocenters. The fourth-order valence-corrected chi connectivity index (χ4v) is 3.84. The van der Waals surface area contributed by atoms with Crippen LogP contribution in [0.15, 0.2) is 23.3 Å². The van der Waals surface area contributed by atoms with Crippen molar-refractivity contribution in [1.82, 2.24) is 15.2 Å². The molecule has 0 saturated carbocycles. The smallest absolute Gasteiger partial charge is 0.309 e. The zero-order valence-corrected chi connectivity index (χ0v) is 20.5. The van der Waals surface area contributed by atoms with Crippen LogP contribution < -0.4 is 10.2 Å². The summed E-state index contributed by atoms with van der Waals surface area (Å²) in [4.78, 5) is 25.4. The fourth-order valence-electron chi connectivity index (χ4n) is 3.84. The molecule has 168 valence electrons. The number of carbonyl (C=O) groups is 1. The Hall–Kier alpha value is -1.62. The number of likely N-dealkylation sites (tertiary alicyclic amines) is 1. The number of morpholine rings is 1. The Balaban J connectivity index is 0.00000320. The Morgan fingerprint density at radius 2 is 2.10 bits per heavy atom. The van der Waals surface area contributed by atoms with E-state index in [9.17, 15) is 4.79 Å². The highest BCUT2D eigenvalue weighted by Gasteiger charge is 2.27. The van der Waals surface area contributed by atoms with Crippen LogP contribution in [0.5, 0.6) is 0 Å². The minimum absolute atomic E-state index is 0. The van der Waals surface area contributed by atoms with Gasteiger partial charge in [0, 0.05) is 46.0 Å². The van der Waals surface area contributed by atoms with E-state index in [2.05, 4.69) is 44.1 Å². The molecule has 0 spiro atoms. The summed E-state index contributed by atoms with van der Waals surface area (Å²) in [6, 6.07) is 4.18. The Morgan fingerprint density at radius 1 is 1.33 bits per heavy atom. The molecule has 2 aliphatic rings. The molecule has 0 aromatic carbocycles. The first-order valence-corrected chi connectivity index (χ1v) is 10.5. The van der Waals surface area contributed by atoms with E-state index in [1.54, 1.807) is 7.05 Å². The number of aromatic nitrogens is 1. The topological polar surface area (TPSA) is 79.3 Å². The molecule has 3 heterocycles. The fraction of sp³-hybridized carbons (Fsp3) is 0.667. The summed E-state index contributed by atoms with van der Waals surface area (Å²) in [7, 11) is 1.79. The average Bonchev–Trinajstić information content (AvgIpc) is 2.75. The number of guanidine groups is 1. The molecule has 2 saturated heterocycles. The van der Waals surface area contributed by atoms with Gasteiger partial charge in [0.2, 0.25) is 0 Å². The number of ether oxygens (including phenoxy) is 2. The van der Waals surface area contributed by atoms with Crippen LogP contribution in [0.25, 0.3) is 0 Å². The lowest BCUT2D eigenvalue weighted by molar-refractivity contribution is -0.149. The normalized spacial score (nSPS) is 20.5. The van der Waals surface area contributed by atoms with Gasteiger partial charge in [0.25, 0.3) is 0 Å². The summed E-state index contributed by atoms with van der Waals surface area (Å²) < 4.78 is 10.7. The van der Waals surface area contributed by atoms with E-state index in [0.29, 0.717) is 13.2 Å². The third kappa shape index (κ3) is 6.69. The van der Waals surface area contributed by atoms with Gasteiger partial charge >= 0.3 is 5.97 Å². The molecular weight excluding hydrogens is 497 g/mol. The number of anilines is 1. The first kappa shape index (κ1) is 24.6. The minimum atomic E-state index is -0.0732. The van der Waals surface area contributed by atoms with E-state index in [4.69, 9.17) is 9.47 Å². The first-order chi connectivity index (χ1) is 14.1. The third-order valence-electron chi connectivity index (χ3n) is 5.45. The maximum absolute atomic E-state index is 11.9. The highest BCUT2D eigenvalue weighted by atomic mass is 127. The number of aliphatic imine (C=N–C) groups is 1. The number of hydrogen-bond acceptors (Lipinski definition) is 6. The monoisotopic (exact) mass is 531 g/mol. The molecule has 2 aliphatic heterocycles.